The van der Waals surface area contributed by atoms with Gasteiger partial charge in [-0.15, -0.1) is 0 Å². The minimum atomic E-state index is -0.0533. The highest BCUT2D eigenvalue weighted by atomic mass is 16.1. The lowest BCUT2D eigenvalue weighted by Crippen LogP contribution is -2.10. The van der Waals surface area contributed by atoms with E-state index in [0.29, 0.717) is 0 Å². The van der Waals surface area contributed by atoms with Gasteiger partial charge in [-0.05, 0) is 19.9 Å². The molecule has 0 saturated carbocycles. The Morgan fingerprint density at radius 1 is 1.25 bits per heavy atom. The molecule has 0 aromatic carbocycles. The molecule has 0 aromatic heterocycles. The fourth-order valence-electron chi connectivity index (χ4n) is 0.525. The number of carbonyl (C=O) groups excluding carboxylic acids is 1. The van der Waals surface area contributed by atoms with Crippen LogP contribution < -0.4 is 5.32 Å². The predicted molar refractivity (Wildman–Crippen MR) is 51.5 cm³/mol. The molecule has 0 rings (SSSR count). The lowest BCUT2D eigenvalue weighted by Gasteiger charge is -1.88. The van der Waals surface area contributed by atoms with Gasteiger partial charge in [-0.1, -0.05) is 23.8 Å². The number of carbonyl (C=O) groups is 1. The van der Waals surface area contributed by atoms with Gasteiger partial charge in [0.25, 0.3) is 0 Å². The molecule has 1 amide bonds. The maximum absolute atomic E-state index is 10.4. The first-order valence-corrected chi connectivity index (χ1v) is 3.90. The molecule has 0 atom stereocenters. The molecule has 0 fully saturated rings. The number of rotatable bonds is 3. The number of nitrogens with one attached hydrogen (secondary N) is 1. The molecule has 66 valence electrons. The fourth-order valence-corrected chi connectivity index (χ4v) is 0.525. The van der Waals surface area contributed by atoms with Crippen molar-refractivity contribution >= 4 is 5.91 Å². The van der Waals surface area contributed by atoms with Crippen molar-refractivity contribution in [2.45, 2.75) is 20.8 Å². The van der Waals surface area contributed by atoms with Crippen LogP contribution in [0.1, 0.15) is 20.8 Å². The Labute approximate surface area is 73.7 Å². The lowest BCUT2D eigenvalue weighted by molar-refractivity contribution is -0.118. The molecule has 12 heavy (non-hydrogen) atoms. The minimum absolute atomic E-state index is 0.0533. The minimum Gasteiger partial charge on any atom is -0.333 e. The van der Waals surface area contributed by atoms with Gasteiger partial charge in [0.15, 0.2) is 0 Å². The molecule has 0 radical (unpaired) electrons. The Hall–Kier alpha value is -1.31. The van der Waals surface area contributed by atoms with Crippen molar-refractivity contribution in [1.29, 1.82) is 0 Å². The van der Waals surface area contributed by atoms with E-state index in [1.54, 1.807) is 12.3 Å². The second-order valence-electron chi connectivity index (χ2n) is 2.45. The van der Waals surface area contributed by atoms with Crippen molar-refractivity contribution in [3.63, 3.8) is 0 Å². The standard InChI is InChI=1S/C10H15NO/c1-4-9(2)7-5-6-8-11-10(3)12/h4-8H,1-3H3,(H,11,12)/b7-5-,8-6+,9-4+. The summed E-state index contributed by atoms with van der Waals surface area (Å²) in [5.74, 6) is -0.0533. The molecule has 0 saturated heterocycles. The number of amides is 1. The van der Waals surface area contributed by atoms with Gasteiger partial charge in [-0.25, -0.2) is 0 Å². The molecule has 0 unspecified atom stereocenters. The smallest absolute Gasteiger partial charge is 0.220 e. The van der Waals surface area contributed by atoms with Crippen LogP contribution in [0.2, 0.25) is 0 Å². The van der Waals surface area contributed by atoms with Gasteiger partial charge < -0.3 is 5.32 Å². The third kappa shape index (κ3) is 6.81. The van der Waals surface area contributed by atoms with E-state index >= 15 is 0 Å². The van der Waals surface area contributed by atoms with E-state index in [9.17, 15) is 4.79 Å². The summed E-state index contributed by atoms with van der Waals surface area (Å²) in [6, 6.07) is 0. The van der Waals surface area contributed by atoms with Crippen LogP contribution in [0, 0.1) is 0 Å². The Morgan fingerprint density at radius 3 is 2.42 bits per heavy atom. The Morgan fingerprint density at radius 2 is 1.92 bits per heavy atom. The third-order valence-corrected chi connectivity index (χ3v) is 1.31. The largest absolute Gasteiger partial charge is 0.333 e. The van der Waals surface area contributed by atoms with E-state index in [2.05, 4.69) is 5.32 Å². The molecule has 0 heterocycles. The summed E-state index contributed by atoms with van der Waals surface area (Å²) in [5.41, 5.74) is 1.20. The van der Waals surface area contributed by atoms with Crippen LogP contribution >= 0.6 is 0 Å². The Bertz CT molecular complexity index is 224. The summed E-state index contributed by atoms with van der Waals surface area (Å²) >= 11 is 0. The van der Waals surface area contributed by atoms with Gasteiger partial charge in [0.1, 0.15) is 0 Å². The molecule has 1 N–H and O–H groups in total. The van der Waals surface area contributed by atoms with Crippen LogP contribution in [-0.2, 0) is 4.79 Å². The second kappa shape index (κ2) is 6.40. The van der Waals surface area contributed by atoms with Gasteiger partial charge in [0, 0.05) is 13.1 Å². The molecule has 0 aliphatic heterocycles. The zero-order valence-corrected chi connectivity index (χ0v) is 7.79. The number of hydrogen-bond donors (Lipinski definition) is 1. The first-order chi connectivity index (χ1) is 5.66. The lowest BCUT2D eigenvalue weighted by atomic mass is 10.2. The monoisotopic (exact) mass is 165 g/mol. The molecule has 0 aliphatic carbocycles. The normalized spacial score (nSPS) is 12.8. The molecule has 0 bridgehead atoms. The topological polar surface area (TPSA) is 29.1 Å². The molecule has 0 aromatic rings. The highest BCUT2D eigenvalue weighted by molar-refractivity contribution is 5.73. The van der Waals surface area contributed by atoms with Crippen LogP contribution in [0.15, 0.2) is 36.1 Å². The quantitative estimate of drug-likeness (QED) is 0.638. The summed E-state index contributed by atoms with van der Waals surface area (Å²) in [6.45, 7) is 5.48. The summed E-state index contributed by atoms with van der Waals surface area (Å²) < 4.78 is 0. The van der Waals surface area contributed by atoms with Crippen LogP contribution in [-0.4, -0.2) is 5.91 Å². The van der Waals surface area contributed by atoms with Crippen molar-refractivity contribution in [1.82, 2.24) is 5.32 Å². The summed E-state index contributed by atoms with van der Waals surface area (Å²) in [7, 11) is 0. The van der Waals surface area contributed by atoms with E-state index in [1.165, 1.54) is 12.5 Å². The van der Waals surface area contributed by atoms with Crippen LogP contribution in [0.4, 0.5) is 0 Å². The van der Waals surface area contributed by atoms with E-state index in [-0.39, 0.29) is 5.91 Å². The van der Waals surface area contributed by atoms with Gasteiger partial charge >= 0.3 is 0 Å². The van der Waals surface area contributed by atoms with Crippen molar-refractivity contribution in [3.8, 4) is 0 Å². The first kappa shape index (κ1) is 10.7. The van der Waals surface area contributed by atoms with Crippen LogP contribution in [0.5, 0.6) is 0 Å². The molecule has 0 spiro atoms. The van der Waals surface area contributed by atoms with Gasteiger partial charge in [-0.3, -0.25) is 4.79 Å². The SMILES string of the molecule is C/C=C(C)/C=C\C=C\NC(C)=O. The first-order valence-electron chi connectivity index (χ1n) is 3.90. The summed E-state index contributed by atoms with van der Waals surface area (Å²) in [6.07, 6.45) is 9.27. The molecule has 2 heteroatoms. The highest BCUT2D eigenvalue weighted by Crippen LogP contribution is 1.92. The zero-order valence-electron chi connectivity index (χ0n) is 7.79. The van der Waals surface area contributed by atoms with E-state index in [1.807, 2.05) is 32.1 Å². The summed E-state index contributed by atoms with van der Waals surface area (Å²) in [4.78, 5) is 10.4. The van der Waals surface area contributed by atoms with Gasteiger partial charge in [0.2, 0.25) is 5.91 Å². The van der Waals surface area contributed by atoms with E-state index in [0.717, 1.165) is 0 Å². The van der Waals surface area contributed by atoms with Crippen molar-refractivity contribution < 1.29 is 4.79 Å². The van der Waals surface area contributed by atoms with Crippen molar-refractivity contribution in [3.05, 3.63) is 36.1 Å². The highest BCUT2D eigenvalue weighted by Gasteiger charge is 1.79. The summed E-state index contributed by atoms with van der Waals surface area (Å²) in [5, 5.41) is 2.55. The Balaban J connectivity index is 3.74. The zero-order chi connectivity index (χ0) is 9.40. The predicted octanol–water partition coefficient (Wildman–Crippen LogP) is 2.16. The van der Waals surface area contributed by atoms with Crippen LogP contribution in [0.25, 0.3) is 0 Å². The number of hydrogen-bond acceptors (Lipinski definition) is 1. The van der Waals surface area contributed by atoms with E-state index in [4.69, 9.17) is 0 Å². The van der Waals surface area contributed by atoms with Crippen molar-refractivity contribution in [2.75, 3.05) is 0 Å². The maximum Gasteiger partial charge on any atom is 0.220 e. The van der Waals surface area contributed by atoms with Gasteiger partial charge in [0.05, 0.1) is 0 Å². The third-order valence-electron chi connectivity index (χ3n) is 1.31. The maximum atomic E-state index is 10.4. The van der Waals surface area contributed by atoms with Crippen LogP contribution in [0.3, 0.4) is 0 Å². The fraction of sp³-hybridized carbons (Fsp3) is 0.300. The number of allylic oxidation sites excluding steroid dienone is 5. The second-order valence-corrected chi connectivity index (χ2v) is 2.45. The van der Waals surface area contributed by atoms with E-state index < -0.39 is 0 Å². The molecular weight excluding hydrogens is 150 g/mol. The molecular formula is C10H15NO. The van der Waals surface area contributed by atoms with Gasteiger partial charge in [-0.2, -0.15) is 0 Å². The van der Waals surface area contributed by atoms with Crippen molar-refractivity contribution in [2.24, 2.45) is 0 Å². The average Bonchev–Trinajstić information content (AvgIpc) is 2.03. The molecule has 0 aliphatic rings. The molecule has 2 nitrogen and oxygen atoms in total. The Kier molecular flexibility index (Phi) is 5.70. The average molecular weight is 165 g/mol.